The standard InChI is InChI=1S/C24H19ClN2O4S2/c1-30-17-8-6-15(7-9-17)12-19-23(29)27(16-4-3-5-18(13-16)31-2)24(26-19)32-14-20(28)21-10-11-22(25)33-21/h3-13H,14H2,1-2H3. The summed E-state index contributed by atoms with van der Waals surface area (Å²) < 4.78 is 11.1. The molecule has 0 spiro atoms. The highest BCUT2D eigenvalue weighted by molar-refractivity contribution is 8.14. The van der Waals surface area contributed by atoms with E-state index in [4.69, 9.17) is 21.1 Å². The normalized spacial score (nSPS) is 14.5. The van der Waals surface area contributed by atoms with Crippen molar-refractivity contribution < 1.29 is 19.1 Å². The fourth-order valence-corrected chi connectivity index (χ4v) is 5.06. The van der Waals surface area contributed by atoms with Crippen molar-refractivity contribution in [2.75, 3.05) is 24.9 Å². The van der Waals surface area contributed by atoms with Crippen LogP contribution in [0.2, 0.25) is 4.34 Å². The Kier molecular flexibility index (Phi) is 7.17. The largest absolute Gasteiger partial charge is 0.497 e. The Morgan fingerprint density at radius 1 is 1.09 bits per heavy atom. The number of halogens is 1. The average molecular weight is 499 g/mol. The van der Waals surface area contributed by atoms with Gasteiger partial charge in [0.15, 0.2) is 11.0 Å². The zero-order valence-corrected chi connectivity index (χ0v) is 20.2. The van der Waals surface area contributed by atoms with Crippen LogP contribution >= 0.6 is 34.7 Å². The Balaban J connectivity index is 1.64. The number of ketones is 1. The number of nitrogens with zero attached hydrogens (tertiary/aromatic N) is 2. The van der Waals surface area contributed by atoms with Crippen molar-refractivity contribution in [1.82, 2.24) is 0 Å². The fraction of sp³-hybridized carbons (Fsp3) is 0.125. The molecule has 1 aliphatic rings. The van der Waals surface area contributed by atoms with E-state index >= 15 is 0 Å². The van der Waals surface area contributed by atoms with Crippen LogP contribution in [-0.4, -0.2) is 36.8 Å². The second-order valence-electron chi connectivity index (χ2n) is 6.85. The molecule has 1 aliphatic heterocycles. The number of aliphatic imine (C=N–C) groups is 1. The van der Waals surface area contributed by atoms with Gasteiger partial charge in [-0.1, -0.05) is 41.6 Å². The highest BCUT2D eigenvalue weighted by Gasteiger charge is 2.32. The molecule has 0 N–H and O–H groups in total. The van der Waals surface area contributed by atoms with E-state index in [-0.39, 0.29) is 23.1 Å². The smallest absolute Gasteiger partial charge is 0.283 e. The van der Waals surface area contributed by atoms with Crippen molar-refractivity contribution in [3.63, 3.8) is 0 Å². The highest BCUT2D eigenvalue weighted by atomic mass is 35.5. The lowest BCUT2D eigenvalue weighted by Gasteiger charge is -2.18. The van der Waals surface area contributed by atoms with Crippen molar-refractivity contribution in [3.05, 3.63) is 81.1 Å². The summed E-state index contributed by atoms with van der Waals surface area (Å²) in [5.74, 6) is 1.10. The number of carbonyl (C=O) groups excluding carboxylic acids is 2. The lowest BCUT2D eigenvalue weighted by atomic mass is 10.2. The zero-order valence-electron chi connectivity index (χ0n) is 17.8. The molecule has 0 unspecified atom stereocenters. The number of anilines is 1. The van der Waals surface area contributed by atoms with Crippen LogP contribution in [0.3, 0.4) is 0 Å². The summed E-state index contributed by atoms with van der Waals surface area (Å²) in [6.07, 6.45) is 1.71. The number of hydrogen-bond acceptors (Lipinski definition) is 7. The van der Waals surface area contributed by atoms with Crippen molar-refractivity contribution in [2.45, 2.75) is 0 Å². The van der Waals surface area contributed by atoms with Crippen LogP contribution in [-0.2, 0) is 4.79 Å². The van der Waals surface area contributed by atoms with Gasteiger partial charge in [-0.15, -0.1) is 11.3 Å². The molecule has 6 nitrogen and oxygen atoms in total. The van der Waals surface area contributed by atoms with E-state index in [1.165, 1.54) is 28.0 Å². The molecule has 0 fully saturated rings. The molecule has 9 heteroatoms. The first-order chi connectivity index (χ1) is 16.0. The molecule has 0 saturated heterocycles. The van der Waals surface area contributed by atoms with Gasteiger partial charge < -0.3 is 9.47 Å². The third-order valence-electron chi connectivity index (χ3n) is 4.74. The molecule has 0 bridgehead atoms. The van der Waals surface area contributed by atoms with E-state index in [9.17, 15) is 9.59 Å². The summed E-state index contributed by atoms with van der Waals surface area (Å²) in [6, 6.07) is 17.9. The summed E-state index contributed by atoms with van der Waals surface area (Å²) in [7, 11) is 3.16. The molecule has 2 aromatic carbocycles. The van der Waals surface area contributed by atoms with Gasteiger partial charge in [-0.2, -0.15) is 0 Å². The first kappa shape index (κ1) is 23.1. The van der Waals surface area contributed by atoms with Gasteiger partial charge in [0.05, 0.1) is 34.9 Å². The molecule has 33 heavy (non-hydrogen) atoms. The number of methoxy groups -OCH3 is 2. The van der Waals surface area contributed by atoms with Gasteiger partial charge in [0, 0.05) is 6.07 Å². The fourth-order valence-electron chi connectivity index (χ4n) is 3.09. The minimum atomic E-state index is -0.284. The number of hydrogen-bond donors (Lipinski definition) is 0. The SMILES string of the molecule is COc1ccc(C=C2N=C(SCC(=O)c3ccc(Cl)s3)N(c3cccc(OC)c3)C2=O)cc1. The first-order valence-electron chi connectivity index (χ1n) is 9.83. The topological polar surface area (TPSA) is 68.2 Å². The molecule has 1 amide bonds. The molecule has 168 valence electrons. The van der Waals surface area contributed by atoms with E-state index < -0.39 is 0 Å². The number of thiophene rings is 1. The number of amides is 1. The van der Waals surface area contributed by atoms with Gasteiger partial charge in [-0.05, 0) is 48.0 Å². The summed E-state index contributed by atoms with van der Waals surface area (Å²) >= 11 is 8.39. The number of Topliss-reactive ketones (excluding diaryl/α,β-unsaturated/α-hetero) is 1. The summed E-state index contributed by atoms with van der Waals surface area (Å²) in [5, 5.41) is 0.420. The first-order valence-corrected chi connectivity index (χ1v) is 12.0. The maximum absolute atomic E-state index is 13.3. The molecule has 0 aliphatic carbocycles. The predicted molar refractivity (Wildman–Crippen MR) is 135 cm³/mol. The third kappa shape index (κ3) is 5.30. The Morgan fingerprint density at radius 2 is 1.85 bits per heavy atom. The van der Waals surface area contributed by atoms with Crippen LogP contribution in [0.4, 0.5) is 5.69 Å². The van der Waals surface area contributed by atoms with Crippen molar-refractivity contribution in [3.8, 4) is 11.5 Å². The molecule has 3 aromatic rings. The van der Waals surface area contributed by atoms with Crippen molar-refractivity contribution in [1.29, 1.82) is 0 Å². The predicted octanol–water partition coefficient (Wildman–Crippen LogP) is 5.78. The number of rotatable bonds is 7. The Hall–Kier alpha value is -3.07. The molecular weight excluding hydrogens is 480 g/mol. The van der Waals surface area contributed by atoms with E-state index in [0.29, 0.717) is 25.8 Å². The summed E-state index contributed by atoms with van der Waals surface area (Å²) in [6.45, 7) is 0. The number of carbonyl (C=O) groups is 2. The molecule has 0 radical (unpaired) electrons. The Bertz CT molecular complexity index is 1250. The number of ether oxygens (including phenoxy) is 2. The second kappa shape index (κ2) is 10.2. The lowest BCUT2D eigenvalue weighted by molar-refractivity contribution is -0.113. The second-order valence-corrected chi connectivity index (χ2v) is 9.51. The van der Waals surface area contributed by atoms with Gasteiger partial charge in [0.25, 0.3) is 5.91 Å². The summed E-state index contributed by atoms with van der Waals surface area (Å²) in [4.78, 5) is 32.6. The number of benzene rings is 2. The molecule has 0 atom stereocenters. The van der Waals surface area contributed by atoms with Crippen molar-refractivity contribution >= 4 is 63.3 Å². The van der Waals surface area contributed by atoms with E-state index in [0.717, 1.165) is 11.3 Å². The summed E-state index contributed by atoms with van der Waals surface area (Å²) in [5.41, 5.74) is 1.69. The average Bonchev–Trinajstić information content (AvgIpc) is 3.41. The van der Waals surface area contributed by atoms with Crippen LogP contribution in [0.15, 0.2) is 71.4 Å². The minimum absolute atomic E-state index is 0.0785. The quantitative estimate of drug-likeness (QED) is 0.305. The maximum Gasteiger partial charge on any atom is 0.283 e. The molecule has 1 aromatic heterocycles. The van der Waals surface area contributed by atoms with Gasteiger partial charge in [0.1, 0.15) is 17.2 Å². The van der Waals surface area contributed by atoms with Gasteiger partial charge in [0.2, 0.25) is 0 Å². The molecular formula is C24H19ClN2O4S2. The van der Waals surface area contributed by atoms with Crippen LogP contribution in [0.5, 0.6) is 11.5 Å². The lowest BCUT2D eigenvalue weighted by Crippen LogP contribution is -2.30. The zero-order chi connectivity index (χ0) is 23.4. The molecule has 0 saturated carbocycles. The molecule has 4 rings (SSSR count). The Morgan fingerprint density at radius 3 is 2.52 bits per heavy atom. The Labute approximate surface area is 204 Å². The van der Waals surface area contributed by atoms with Gasteiger partial charge in [-0.25, -0.2) is 4.99 Å². The number of amidine groups is 1. The van der Waals surface area contributed by atoms with E-state index in [2.05, 4.69) is 4.99 Å². The van der Waals surface area contributed by atoms with E-state index in [1.807, 2.05) is 24.3 Å². The van der Waals surface area contributed by atoms with Crippen LogP contribution < -0.4 is 14.4 Å². The van der Waals surface area contributed by atoms with Crippen LogP contribution in [0.1, 0.15) is 15.2 Å². The maximum atomic E-state index is 13.3. The molecule has 2 heterocycles. The van der Waals surface area contributed by atoms with Gasteiger partial charge >= 0.3 is 0 Å². The number of thioether (sulfide) groups is 1. The van der Waals surface area contributed by atoms with Gasteiger partial charge in [-0.3, -0.25) is 14.5 Å². The van der Waals surface area contributed by atoms with Crippen molar-refractivity contribution in [2.24, 2.45) is 4.99 Å². The van der Waals surface area contributed by atoms with Crippen LogP contribution in [0, 0.1) is 0 Å². The minimum Gasteiger partial charge on any atom is -0.497 e. The van der Waals surface area contributed by atoms with Crippen LogP contribution in [0.25, 0.3) is 6.08 Å². The highest BCUT2D eigenvalue weighted by Crippen LogP contribution is 2.32. The van der Waals surface area contributed by atoms with E-state index in [1.54, 1.807) is 56.7 Å². The monoisotopic (exact) mass is 498 g/mol. The third-order valence-corrected chi connectivity index (χ3v) is 6.95.